The van der Waals surface area contributed by atoms with Crippen LogP contribution in [-0.4, -0.2) is 14.5 Å². The Labute approximate surface area is 130 Å². The SMILES string of the molecule is CC(C)CCC(C)n1c(C(C)Cl)nc2cc(Cl)cnc21. The monoisotopic (exact) mass is 313 g/mol. The van der Waals surface area contributed by atoms with Gasteiger partial charge in [0.15, 0.2) is 5.65 Å². The van der Waals surface area contributed by atoms with E-state index >= 15 is 0 Å². The van der Waals surface area contributed by atoms with Crippen LogP contribution in [0.5, 0.6) is 0 Å². The van der Waals surface area contributed by atoms with Crippen LogP contribution in [0.25, 0.3) is 11.2 Å². The molecule has 0 amide bonds. The normalized spacial score (nSPS) is 14.9. The number of hydrogen-bond donors (Lipinski definition) is 0. The van der Waals surface area contributed by atoms with E-state index < -0.39 is 0 Å². The van der Waals surface area contributed by atoms with Gasteiger partial charge in [0, 0.05) is 12.2 Å². The molecule has 2 unspecified atom stereocenters. The molecular formula is C15H21Cl2N3. The van der Waals surface area contributed by atoms with Crippen molar-refractivity contribution < 1.29 is 0 Å². The van der Waals surface area contributed by atoms with Gasteiger partial charge in [-0.25, -0.2) is 9.97 Å². The van der Waals surface area contributed by atoms with Crippen molar-refractivity contribution in [2.45, 2.75) is 52.0 Å². The molecule has 0 saturated heterocycles. The smallest absolute Gasteiger partial charge is 0.160 e. The highest BCUT2D eigenvalue weighted by Crippen LogP contribution is 2.30. The van der Waals surface area contributed by atoms with Gasteiger partial charge in [-0.3, -0.25) is 0 Å². The summed E-state index contributed by atoms with van der Waals surface area (Å²) in [6.07, 6.45) is 3.93. The summed E-state index contributed by atoms with van der Waals surface area (Å²) in [5, 5.41) is 0.454. The molecule has 3 nitrogen and oxygen atoms in total. The Morgan fingerprint density at radius 3 is 2.50 bits per heavy atom. The fourth-order valence-electron chi connectivity index (χ4n) is 2.39. The Kier molecular flexibility index (Phi) is 4.92. The number of hydrogen-bond acceptors (Lipinski definition) is 2. The number of imidazole rings is 1. The van der Waals surface area contributed by atoms with Crippen LogP contribution in [-0.2, 0) is 0 Å². The van der Waals surface area contributed by atoms with Crippen LogP contribution in [0.2, 0.25) is 5.02 Å². The summed E-state index contributed by atoms with van der Waals surface area (Å²) >= 11 is 12.3. The molecule has 0 spiro atoms. The molecule has 110 valence electrons. The zero-order valence-corrected chi connectivity index (χ0v) is 13.9. The van der Waals surface area contributed by atoms with Crippen molar-refractivity contribution in [3.8, 4) is 0 Å². The third kappa shape index (κ3) is 3.26. The van der Waals surface area contributed by atoms with Gasteiger partial charge in [0.05, 0.1) is 10.4 Å². The molecule has 0 aromatic carbocycles. The minimum absolute atomic E-state index is 0.149. The Balaban J connectivity index is 2.45. The van der Waals surface area contributed by atoms with Gasteiger partial charge in [0.1, 0.15) is 11.3 Å². The molecule has 20 heavy (non-hydrogen) atoms. The molecule has 2 aromatic heterocycles. The predicted molar refractivity (Wildman–Crippen MR) is 85.6 cm³/mol. The molecule has 2 atom stereocenters. The first-order chi connectivity index (χ1) is 9.40. The van der Waals surface area contributed by atoms with Crippen LogP contribution in [0.15, 0.2) is 12.3 Å². The Bertz CT molecular complexity index is 590. The largest absolute Gasteiger partial charge is 0.309 e. The molecule has 2 heterocycles. The van der Waals surface area contributed by atoms with Crippen molar-refractivity contribution in [3.05, 3.63) is 23.1 Å². The highest BCUT2D eigenvalue weighted by molar-refractivity contribution is 6.31. The van der Waals surface area contributed by atoms with E-state index in [1.165, 1.54) is 6.42 Å². The molecule has 0 aliphatic heterocycles. The average Bonchev–Trinajstić information content (AvgIpc) is 2.74. The highest BCUT2D eigenvalue weighted by atomic mass is 35.5. The van der Waals surface area contributed by atoms with E-state index in [4.69, 9.17) is 23.2 Å². The van der Waals surface area contributed by atoms with Crippen LogP contribution >= 0.6 is 23.2 Å². The zero-order valence-electron chi connectivity index (χ0n) is 12.4. The van der Waals surface area contributed by atoms with Crippen molar-refractivity contribution in [3.63, 3.8) is 0 Å². The number of alkyl halides is 1. The topological polar surface area (TPSA) is 30.7 Å². The van der Waals surface area contributed by atoms with Gasteiger partial charge in [-0.1, -0.05) is 25.4 Å². The van der Waals surface area contributed by atoms with Crippen LogP contribution in [0, 0.1) is 5.92 Å². The molecular weight excluding hydrogens is 293 g/mol. The first-order valence-electron chi connectivity index (χ1n) is 7.07. The van der Waals surface area contributed by atoms with E-state index in [1.807, 2.05) is 13.0 Å². The molecule has 0 aliphatic carbocycles. The first kappa shape index (κ1) is 15.6. The number of halogens is 2. The van der Waals surface area contributed by atoms with E-state index in [0.29, 0.717) is 17.0 Å². The second kappa shape index (κ2) is 6.31. The van der Waals surface area contributed by atoms with Gasteiger partial charge in [0.2, 0.25) is 0 Å². The molecule has 2 rings (SSSR count). The van der Waals surface area contributed by atoms with E-state index in [1.54, 1.807) is 6.20 Å². The maximum absolute atomic E-state index is 6.28. The second-order valence-electron chi connectivity index (χ2n) is 5.77. The van der Waals surface area contributed by atoms with Gasteiger partial charge < -0.3 is 4.57 Å². The fraction of sp³-hybridized carbons (Fsp3) is 0.600. The maximum atomic E-state index is 6.28. The summed E-state index contributed by atoms with van der Waals surface area (Å²) in [5.41, 5.74) is 1.68. The quantitative estimate of drug-likeness (QED) is 0.693. The summed E-state index contributed by atoms with van der Waals surface area (Å²) in [5.74, 6) is 1.55. The number of rotatable bonds is 5. The number of aromatic nitrogens is 3. The molecule has 0 radical (unpaired) electrons. The number of fused-ring (bicyclic) bond motifs is 1. The number of nitrogens with zero attached hydrogens (tertiary/aromatic N) is 3. The highest BCUT2D eigenvalue weighted by Gasteiger charge is 2.20. The molecule has 0 fully saturated rings. The lowest BCUT2D eigenvalue weighted by Crippen LogP contribution is -2.11. The Morgan fingerprint density at radius 2 is 1.90 bits per heavy atom. The second-order valence-corrected chi connectivity index (χ2v) is 6.86. The molecule has 0 aliphatic rings. The van der Waals surface area contributed by atoms with E-state index in [9.17, 15) is 0 Å². The summed E-state index contributed by atoms with van der Waals surface area (Å²) in [6, 6.07) is 2.17. The van der Waals surface area contributed by atoms with Crippen LogP contribution in [0.1, 0.15) is 57.8 Å². The predicted octanol–water partition coefficient (Wildman–Crippen LogP) is 5.38. The Morgan fingerprint density at radius 1 is 1.20 bits per heavy atom. The summed E-state index contributed by atoms with van der Waals surface area (Å²) in [7, 11) is 0. The third-order valence-corrected chi connectivity index (χ3v) is 3.88. The standard InChI is InChI=1S/C15H21Cl2N3/c1-9(2)5-6-10(3)20-14(11(4)16)19-13-7-12(17)8-18-15(13)20/h7-11H,5-6H2,1-4H3. The Hall–Kier alpha value is -0.800. The fourth-order valence-corrected chi connectivity index (χ4v) is 2.70. The molecule has 2 aromatic rings. The lowest BCUT2D eigenvalue weighted by Gasteiger charge is -2.19. The van der Waals surface area contributed by atoms with Crippen LogP contribution < -0.4 is 0 Å². The lowest BCUT2D eigenvalue weighted by atomic mass is 10.0. The summed E-state index contributed by atoms with van der Waals surface area (Å²) in [6.45, 7) is 8.61. The van der Waals surface area contributed by atoms with Crippen molar-refractivity contribution in [2.75, 3.05) is 0 Å². The zero-order chi connectivity index (χ0) is 14.9. The van der Waals surface area contributed by atoms with Gasteiger partial charge in [0.25, 0.3) is 0 Å². The molecule has 0 bridgehead atoms. The van der Waals surface area contributed by atoms with E-state index in [2.05, 4.69) is 35.3 Å². The van der Waals surface area contributed by atoms with Gasteiger partial charge in [-0.15, -0.1) is 11.6 Å². The van der Waals surface area contributed by atoms with Crippen molar-refractivity contribution in [1.29, 1.82) is 0 Å². The van der Waals surface area contributed by atoms with Crippen molar-refractivity contribution in [2.24, 2.45) is 5.92 Å². The van der Waals surface area contributed by atoms with Gasteiger partial charge >= 0.3 is 0 Å². The van der Waals surface area contributed by atoms with E-state index in [0.717, 1.165) is 23.4 Å². The molecule has 0 N–H and O–H groups in total. The third-order valence-electron chi connectivity index (χ3n) is 3.48. The van der Waals surface area contributed by atoms with Gasteiger partial charge in [-0.05, 0) is 38.7 Å². The minimum Gasteiger partial charge on any atom is -0.309 e. The van der Waals surface area contributed by atoms with Crippen molar-refractivity contribution in [1.82, 2.24) is 14.5 Å². The average molecular weight is 314 g/mol. The lowest BCUT2D eigenvalue weighted by molar-refractivity contribution is 0.435. The first-order valence-corrected chi connectivity index (χ1v) is 7.89. The minimum atomic E-state index is -0.149. The van der Waals surface area contributed by atoms with E-state index in [-0.39, 0.29) is 5.38 Å². The molecule has 0 saturated carbocycles. The van der Waals surface area contributed by atoms with Crippen LogP contribution in [0.4, 0.5) is 0 Å². The maximum Gasteiger partial charge on any atom is 0.160 e. The van der Waals surface area contributed by atoms with Crippen LogP contribution in [0.3, 0.4) is 0 Å². The summed E-state index contributed by atoms with van der Waals surface area (Å²) in [4.78, 5) is 9.05. The molecule has 5 heteroatoms. The summed E-state index contributed by atoms with van der Waals surface area (Å²) < 4.78 is 2.16. The number of pyridine rings is 1. The van der Waals surface area contributed by atoms with Crippen molar-refractivity contribution >= 4 is 34.4 Å². The van der Waals surface area contributed by atoms with Gasteiger partial charge in [-0.2, -0.15) is 0 Å².